The number of rotatable bonds is 7. The summed E-state index contributed by atoms with van der Waals surface area (Å²) in [7, 11) is 0. The van der Waals surface area contributed by atoms with Crippen molar-refractivity contribution in [3.63, 3.8) is 0 Å². The van der Waals surface area contributed by atoms with Gasteiger partial charge >= 0.3 is 0 Å². The van der Waals surface area contributed by atoms with Gasteiger partial charge in [0.05, 0.1) is 27.1 Å². The Morgan fingerprint density at radius 3 is 2.65 bits per heavy atom. The second kappa shape index (κ2) is 9.36. The monoisotopic (exact) mass is 498 g/mol. The first-order valence-corrected chi connectivity index (χ1v) is 12.0. The predicted octanol–water partition coefficient (Wildman–Crippen LogP) is 5.44. The standard InChI is InChI=1S/C23H23BrN4O2S/c1-3-4-7-12-28-22(30)17-13-15(24)10-11-19(17)26-23(28)31-14(2)20-25-18-9-6-5-8-16(18)21(29)27-20/h5-6,8-11,13-14H,3-4,7,12H2,1-2H3,(H,25,27,29)/t14-/m1/s1. The Bertz CT molecular complexity index is 1370. The van der Waals surface area contributed by atoms with Crippen molar-refractivity contribution in [2.24, 2.45) is 0 Å². The van der Waals surface area contributed by atoms with Gasteiger partial charge in [0.1, 0.15) is 5.82 Å². The average Bonchev–Trinajstić information content (AvgIpc) is 2.76. The zero-order valence-electron chi connectivity index (χ0n) is 17.4. The molecule has 4 rings (SSSR count). The Balaban J connectivity index is 1.76. The number of thioether (sulfide) groups is 1. The van der Waals surface area contributed by atoms with Gasteiger partial charge in [-0.15, -0.1) is 0 Å². The molecular formula is C23H23BrN4O2S. The molecule has 0 bridgehead atoms. The summed E-state index contributed by atoms with van der Waals surface area (Å²) in [6.07, 6.45) is 3.02. The van der Waals surface area contributed by atoms with Crippen molar-refractivity contribution in [1.29, 1.82) is 0 Å². The first-order chi connectivity index (χ1) is 15.0. The minimum Gasteiger partial charge on any atom is -0.309 e. The van der Waals surface area contributed by atoms with E-state index in [1.165, 1.54) is 11.8 Å². The van der Waals surface area contributed by atoms with Crippen LogP contribution in [-0.2, 0) is 6.54 Å². The van der Waals surface area contributed by atoms with Gasteiger partial charge < -0.3 is 4.98 Å². The molecule has 160 valence electrons. The largest absolute Gasteiger partial charge is 0.309 e. The van der Waals surface area contributed by atoms with Crippen molar-refractivity contribution in [2.45, 2.75) is 50.1 Å². The lowest BCUT2D eigenvalue weighted by Gasteiger charge is -2.16. The first kappa shape index (κ1) is 21.8. The van der Waals surface area contributed by atoms with Crippen LogP contribution in [-0.4, -0.2) is 19.5 Å². The van der Waals surface area contributed by atoms with Gasteiger partial charge in [-0.3, -0.25) is 14.2 Å². The van der Waals surface area contributed by atoms with Crippen molar-refractivity contribution >= 4 is 49.5 Å². The molecule has 0 aliphatic carbocycles. The van der Waals surface area contributed by atoms with E-state index >= 15 is 0 Å². The van der Waals surface area contributed by atoms with Crippen molar-refractivity contribution in [1.82, 2.24) is 19.5 Å². The first-order valence-electron chi connectivity index (χ1n) is 10.3. The molecule has 0 aliphatic heterocycles. The van der Waals surface area contributed by atoms with E-state index in [0.29, 0.717) is 39.3 Å². The van der Waals surface area contributed by atoms with Crippen LogP contribution in [0.4, 0.5) is 0 Å². The van der Waals surface area contributed by atoms with Gasteiger partial charge in [-0.1, -0.05) is 59.6 Å². The van der Waals surface area contributed by atoms with E-state index in [1.54, 1.807) is 10.6 Å². The molecule has 2 aromatic heterocycles. The fourth-order valence-corrected chi connectivity index (χ4v) is 4.84. The molecule has 0 radical (unpaired) electrons. The molecule has 0 fully saturated rings. The number of unbranched alkanes of at least 4 members (excludes halogenated alkanes) is 2. The molecule has 6 nitrogen and oxygen atoms in total. The van der Waals surface area contributed by atoms with E-state index in [9.17, 15) is 9.59 Å². The third kappa shape index (κ3) is 4.60. The van der Waals surface area contributed by atoms with E-state index in [0.717, 1.165) is 23.7 Å². The van der Waals surface area contributed by atoms with Crippen LogP contribution >= 0.6 is 27.7 Å². The summed E-state index contributed by atoms with van der Waals surface area (Å²) in [5.41, 5.74) is 1.11. The molecule has 2 aromatic carbocycles. The lowest BCUT2D eigenvalue weighted by atomic mass is 10.2. The summed E-state index contributed by atoms with van der Waals surface area (Å²) in [4.78, 5) is 38.1. The molecule has 1 atom stereocenters. The number of H-pyrrole nitrogens is 1. The van der Waals surface area contributed by atoms with Crippen molar-refractivity contribution in [3.8, 4) is 0 Å². The Hall–Kier alpha value is -2.45. The summed E-state index contributed by atoms with van der Waals surface area (Å²) in [6.45, 7) is 4.71. The SMILES string of the molecule is CCCCCn1c(S[C@H](C)c2nc3ccccc3c(=O)[nH]2)nc2ccc(Br)cc2c1=O. The number of nitrogens with zero attached hydrogens (tertiary/aromatic N) is 3. The maximum atomic E-state index is 13.3. The van der Waals surface area contributed by atoms with Crippen molar-refractivity contribution in [3.05, 3.63) is 73.5 Å². The topological polar surface area (TPSA) is 80.6 Å². The summed E-state index contributed by atoms with van der Waals surface area (Å²) >= 11 is 4.89. The zero-order chi connectivity index (χ0) is 22.0. The number of hydrogen-bond donors (Lipinski definition) is 1. The van der Waals surface area contributed by atoms with E-state index in [2.05, 4.69) is 32.8 Å². The third-order valence-corrected chi connectivity index (χ3v) is 6.76. The number of hydrogen-bond acceptors (Lipinski definition) is 5. The maximum Gasteiger partial charge on any atom is 0.262 e. The lowest BCUT2D eigenvalue weighted by molar-refractivity contribution is 0.541. The molecule has 31 heavy (non-hydrogen) atoms. The van der Waals surface area contributed by atoms with Crippen LogP contribution < -0.4 is 11.1 Å². The Kier molecular flexibility index (Phi) is 6.57. The molecule has 2 heterocycles. The van der Waals surface area contributed by atoms with E-state index < -0.39 is 0 Å². The zero-order valence-corrected chi connectivity index (χ0v) is 19.8. The molecule has 0 spiro atoms. The number of aromatic amines is 1. The van der Waals surface area contributed by atoms with Crippen LogP contribution in [0.5, 0.6) is 0 Å². The van der Waals surface area contributed by atoms with Gasteiger partial charge in [0, 0.05) is 11.0 Å². The molecule has 4 aromatic rings. The Morgan fingerprint density at radius 1 is 1.06 bits per heavy atom. The highest BCUT2D eigenvalue weighted by molar-refractivity contribution is 9.10. The van der Waals surface area contributed by atoms with Gasteiger partial charge in [0.15, 0.2) is 5.16 Å². The summed E-state index contributed by atoms with van der Waals surface area (Å²) in [5, 5.41) is 1.61. The highest BCUT2D eigenvalue weighted by Crippen LogP contribution is 2.32. The van der Waals surface area contributed by atoms with Gasteiger partial charge in [0.2, 0.25) is 0 Å². The smallest absolute Gasteiger partial charge is 0.262 e. The van der Waals surface area contributed by atoms with Gasteiger partial charge in [-0.25, -0.2) is 9.97 Å². The van der Waals surface area contributed by atoms with E-state index in [4.69, 9.17) is 4.98 Å². The van der Waals surface area contributed by atoms with Crippen molar-refractivity contribution in [2.75, 3.05) is 0 Å². The third-order valence-electron chi connectivity index (χ3n) is 5.16. The number of halogens is 1. The summed E-state index contributed by atoms with van der Waals surface area (Å²) in [6, 6.07) is 12.8. The summed E-state index contributed by atoms with van der Waals surface area (Å²) < 4.78 is 2.61. The molecule has 0 saturated heterocycles. The minimum atomic E-state index is -0.186. The molecule has 8 heteroatoms. The van der Waals surface area contributed by atoms with Crippen LogP contribution in [0.25, 0.3) is 21.8 Å². The Labute approximate surface area is 192 Å². The fourth-order valence-electron chi connectivity index (χ4n) is 3.49. The van der Waals surface area contributed by atoms with Gasteiger partial charge in [-0.2, -0.15) is 0 Å². The van der Waals surface area contributed by atoms with E-state index in [1.807, 2.05) is 43.3 Å². The lowest BCUT2D eigenvalue weighted by Crippen LogP contribution is -2.24. The number of para-hydroxylation sites is 1. The quantitative estimate of drug-likeness (QED) is 0.208. The molecule has 0 unspecified atom stereocenters. The Morgan fingerprint density at radius 2 is 1.84 bits per heavy atom. The van der Waals surface area contributed by atoms with Crippen LogP contribution in [0, 0.1) is 0 Å². The van der Waals surface area contributed by atoms with Gasteiger partial charge in [-0.05, 0) is 43.7 Å². The molecular weight excluding hydrogens is 476 g/mol. The van der Waals surface area contributed by atoms with Gasteiger partial charge in [0.25, 0.3) is 11.1 Å². The normalized spacial score (nSPS) is 12.5. The minimum absolute atomic E-state index is 0.0444. The number of benzene rings is 2. The molecule has 0 amide bonds. The molecule has 0 saturated carbocycles. The second-order valence-electron chi connectivity index (χ2n) is 7.45. The fraction of sp³-hybridized carbons (Fsp3) is 0.304. The number of fused-ring (bicyclic) bond motifs is 2. The van der Waals surface area contributed by atoms with Crippen LogP contribution in [0.3, 0.4) is 0 Å². The predicted molar refractivity (Wildman–Crippen MR) is 130 cm³/mol. The average molecular weight is 499 g/mol. The molecule has 1 N–H and O–H groups in total. The van der Waals surface area contributed by atoms with Crippen molar-refractivity contribution < 1.29 is 0 Å². The van der Waals surface area contributed by atoms with E-state index in [-0.39, 0.29) is 16.4 Å². The number of aromatic nitrogens is 4. The number of nitrogens with one attached hydrogen (secondary N) is 1. The van der Waals surface area contributed by atoms with Crippen LogP contribution in [0.2, 0.25) is 0 Å². The highest BCUT2D eigenvalue weighted by atomic mass is 79.9. The maximum absolute atomic E-state index is 13.3. The van der Waals surface area contributed by atoms with Crippen LogP contribution in [0.1, 0.15) is 44.2 Å². The highest BCUT2D eigenvalue weighted by Gasteiger charge is 2.18. The second-order valence-corrected chi connectivity index (χ2v) is 9.67. The summed E-state index contributed by atoms with van der Waals surface area (Å²) in [5.74, 6) is 0.568. The van der Waals surface area contributed by atoms with Crippen LogP contribution in [0.15, 0.2) is 61.7 Å². The molecule has 0 aliphatic rings.